The largest absolute Gasteiger partial charge is 0.395 e. The molecule has 4 heteroatoms. The van der Waals surface area contributed by atoms with Crippen LogP contribution in [0.4, 0.5) is 4.39 Å². The van der Waals surface area contributed by atoms with Gasteiger partial charge in [0, 0.05) is 18.0 Å². The molecule has 21 heavy (non-hydrogen) atoms. The molecule has 0 saturated carbocycles. The molecule has 0 aliphatic heterocycles. The van der Waals surface area contributed by atoms with Crippen molar-refractivity contribution in [2.75, 3.05) is 6.61 Å². The second kappa shape index (κ2) is 9.15. The molecule has 0 heterocycles. The number of halogens is 1. The smallest absolute Gasteiger partial charge is 0.251 e. The van der Waals surface area contributed by atoms with Gasteiger partial charge >= 0.3 is 0 Å². The molecule has 1 unspecified atom stereocenters. The van der Waals surface area contributed by atoms with Gasteiger partial charge in [-0.05, 0) is 31.0 Å². The molecule has 1 rings (SSSR count). The molecule has 0 saturated heterocycles. The minimum Gasteiger partial charge on any atom is -0.395 e. The van der Waals surface area contributed by atoms with E-state index in [2.05, 4.69) is 24.1 Å². The molecule has 1 amide bonds. The fourth-order valence-corrected chi connectivity index (χ4v) is 1.97. The van der Waals surface area contributed by atoms with Crippen LogP contribution in [0.5, 0.6) is 0 Å². The monoisotopic (exact) mass is 291 g/mol. The number of hydrogen-bond donors (Lipinski definition) is 2. The van der Waals surface area contributed by atoms with Gasteiger partial charge in [-0.2, -0.15) is 0 Å². The molecule has 1 atom stereocenters. The first kappa shape index (κ1) is 17.2. The highest BCUT2D eigenvalue weighted by atomic mass is 19.1. The van der Waals surface area contributed by atoms with Crippen molar-refractivity contribution in [2.24, 2.45) is 0 Å². The van der Waals surface area contributed by atoms with Crippen LogP contribution in [0, 0.1) is 17.7 Å². The number of benzene rings is 1. The van der Waals surface area contributed by atoms with Gasteiger partial charge in [-0.25, -0.2) is 4.39 Å². The summed E-state index contributed by atoms with van der Waals surface area (Å²) in [5, 5.41) is 11.5. The minimum atomic E-state index is -0.517. The number of carbonyl (C=O) groups is 1. The zero-order chi connectivity index (χ0) is 15.7. The van der Waals surface area contributed by atoms with Crippen molar-refractivity contribution >= 4 is 5.91 Å². The molecule has 0 bridgehead atoms. The molecule has 1 aromatic carbocycles. The second-order valence-corrected chi connectivity index (χ2v) is 4.84. The van der Waals surface area contributed by atoms with Crippen molar-refractivity contribution in [3.8, 4) is 11.8 Å². The number of hydrogen-bond acceptors (Lipinski definition) is 2. The molecule has 1 aromatic rings. The normalized spacial score (nSPS) is 11.4. The van der Waals surface area contributed by atoms with Crippen LogP contribution in [0.15, 0.2) is 18.2 Å². The number of nitrogens with one attached hydrogen (secondary N) is 1. The Morgan fingerprint density at radius 2 is 2.19 bits per heavy atom. The van der Waals surface area contributed by atoms with Crippen LogP contribution >= 0.6 is 0 Å². The molecular formula is C17H22FNO2. The van der Waals surface area contributed by atoms with E-state index in [-0.39, 0.29) is 24.1 Å². The number of aliphatic hydroxyl groups is 1. The van der Waals surface area contributed by atoms with Gasteiger partial charge in [-0.15, -0.1) is 0 Å². The summed E-state index contributed by atoms with van der Waals surface area (Å²) in [5.41, 5.74) is 0.537. The van der Waals surface area contributed by atoms with Crippen molar-refractivity contribution in [3.63, 3.8) is 0 Å². The van der Waals surface area contributed by atoms with Crippen LogP contribution in [0.2, 0.25) is 0 Å². The van der Waals surface area contributed by atoms with E-state index in [1.54, 1.807) is 6.07 Å². The van der Waals surface area contributed by atoms with E-state index >= 15 is 0 Å². The lowest BCUT2D eigenvalue weighted by Crippen LogP contribution is -2.34. The van der Waals surface area contributed by atoms with Crippen molar-refractivity contribution in [1.82, 2.24) is 5.32 Å². The Labute approximate surface area is 125 Å². The van der Waals surface area contributed by atoms with Crippen LogP contribution in [0.3, 0.4) is 0 Å². The zero-order valence-corrected chi connectivity index (χ0v) is 12.6. The third-order valence-electron chi connectivity index (χ3n) is 3.16. The average molecular weight is 291 g/mol. The van der Waals surface area contributed by atoms with Gasteiger partial charge in [0.15, 0.2) is 0 Å². The van der Waals surface area contributed by atoms with Gasteiger partial charge in [-0.3, -0.25) is 4.79 Å². The lowest BCUT2D eigenvalue weighted by atomic mass is 10.1. The molecule has 114 valence electrons. The third kappa shape index (κ3) is 5.57. The molecule has 0 fully saturated rings. The maximum Gasteiger partial charge on any atom is 0.251 e. The van der Waals surface area contributed by atoms with E-state index in [1.165, 1.54) is 12.1 Å². The van der Waals surface area contributed by atoms with Gasteiger partial charge in [0.2, 0.25) is 0 Å². The van der Waals surface area contributed by atoms with Crippen molar-refractivity contribution in [1.29, 1.82) is 0 Å². The Kier molecular flexibility index (Phi) is 7.49. The Bertz CT molecular complexity index is 531. The van der Waals surface area contributed by atoms with E-state index in [1.807, 2.05) is 6.92 Å². The van der Waals surface area contributed by atoms with Crippen molar-refractivity contribution < 1.29 is 14.3 Å². The zero-order valence-electron chi connectivity index (χ0n) is 12.6. The fourth-order valence-electron chi connectivity index (χ4n) is 1.97. The molecule has 0 radical (unpaired) electrons. The summed E-state index contributed by atoms with van der Waals surface area (Å²) >= 11 is 0. The predicted molar refractivity (Wildman–Crippen MR) is 81.4 cm³/mol. The summed E-state index contributed by atoms with van der Waals surface area (Å²) < 4.78 is 13.9. The van der Waals surface area contributed by atoms with Crippen molar-refractivity contribution in [2.45, 2.75) is 45.6 Å². The summed E-state index contributed by atoms with van der Waals surface area (Å²) in [7, 11) is 0. The SMILES string of the molecule is CCCC(CC)NC(=O)c1ccc(C#CCCO)c(F)c1. The highest BCUT2D eigenvalue weighted by molar-refractivity contribution is 5.94. The van der Waals surface area contributed by atoms with Gasteiger partial charge in [0.05, 0.1) is 12.2 Å². The number of amides is 1. The van der Waals surface area contributed by atoms with E-state index in [9.17, 15) is 9.18 Å². The van der Waals surface area contributed by atoms with E-state index < -0.39 is 5.82 Å². The quantitative estimate of drug-likeness (QED) is 0.792. The van der Waals surface area contributed by atoms with E-state index in [0.717, 1.165) is 19.3 Å². The summed E-state index contributed by atoms with van der Waals surface area (Å²) in [6, 6.07) is 4.39. The summed E-state index contributed by atoms with van der Waals surface area (Å²) in [4.78, 5) is 12.1. The Hall–Kier alpha value is -1.86. The predicted octanol–water partition coefficient (Wildman–Crippen LogP) is 2.87. The molecule has 0 aliphatic carbocycles. The van der Waals surface area contributed by atoms with E-state index in [0.29, 0.717) is 12.0 Å². The Morgan fingerprint density at radius 3 is 2.76 bits per heavy atom. The van der Waals surface area contributed by atoms with E-state index in [4.69, 9.17) is 5.11 Å². The summed E-state index contributed by atoms with van der Waals surface area (Å²) in [6.07, 6.45) is 3.06. The first-order chi connectivity index (χ1) is 10.1. The molecular weight excluding hydrogens is 269 g/mol. The molecule has 3 nitrogen and oxygen atoms in total. The highest BCUT2D eigenvalue weighted by Crippen LogP contribution is 2.11. The van der Waals surface area contributed by atoms with Gasteiger partial charge in [-0.1, -0.05) is 32.1 Å². The van der Waals surface area contributed by atoms with Crippen LogP contribution in [0.1, 0.15) is 55.5 Å². The topological polar surface area (TPSA) is 49.3 Å². The Balaban J connectivity index is 2.79. The van der Waals surface area contributed by atoms with Crippen molar-refractivity contribution in [3.05, 3.63) is 35.1 Å². The Morgan fingerprint density at radius 1 is 1.43 bits per heavy atom. The molecule has 0 aliphatic rings. The maximum absolute atomic E-state index is 13.9. The minimum absolute atomic E-state index is 0.0507. The fraction of sp³-hybridized carbons (Fsp3) is 0.471. The molecule has 0 aromatic heterocycles. The standard InChI is InChI=1S/C17H22FNO2/c1-3-7-15(4-2)19-17(21)14-10-9-13(16(18)12-14)8-5-6-11-20/h9-10,12,15,20H,3-4,6-7,11H2,1-2H3,(H,19,21). The van der Waals surface area contributed by atoms with Crippen LogP contribution in [0.25, 0.3) is 0 Å². The first-order valence-corrected chi connectivity index (χ1v) is 7.32. The average Bonchev–Trinajstić information content (AvgIpc) is 2.48. The third-order valence-corrected chi connectivity index (χ3v) is 3.16. The number of rotatable bonds is 6. The van der Waals surface area contributed by atoms with Gasteiger partial charge < -0.3 is 10.4 Å². The lowest BCUT2D eigenvalue weighted by Gasteiger charge is -2.16. The number of aliphatic hydroxyl groups excluding tert-OH is 1. The van der Waals surface area contributed by atoms with Crippen LogP contribution in [-0.4, -0.2) is 23.7 Å². The van der Waals surface area contributed by atoms with Crippen LogP contribution < -0.4 is 5.32 Å². The summed E-state index contributed by atoms with van der Waals surface area (Å²) in [5.74, 6) is 4.52. The molecule has 2 N–H and O–H groups in total. The van der Waals surface area contributed by atoms with Crippen LogP contribution in [-0.2, 0) is 0 Å². The lowest BCUT2D eigenvalue weighted by molar-refractivity contribution is 0.0933. The second-order valence-electron chi connectivity index (χ2n) is 4.84. The summed E-state index contributed by atoms with van der Waals surface area (Å²) in [6.45, 7) is 4.03. The van der Waals surface area contributed by atoms with Gasteiger partial charge in [0.25, 0.3) is 5.91 Å². The highest BCUT2D eigenvalue weighted by Gasteiger charge is 2.13. The maximum atomic E-state index is 13.9. The van der Waals surface area contributed by atoms with Gasteiger partial charge in [0.1, 0.15) is 5.82 Å². The first-order valence-electron chi connectivity index (χ1n) is 7.32. The number of carbonyl (C=O) groups excluding carboxylic acids is 1. The molecule has 0 spiro atoms.